The molecule has 0 spiro atoms. The molecular formula is C21H28N2O6. The summed E-state index contributed by atoms with van der Waals surface area (Å²) in [5, 5.41) is 2.70. The first-order chi connectivity index (χ1) is 14.0. The number of hydrogen-bond donors (Lipinski definition) is 1. The molecule has 1 unspecified atom stereocenters. The Balaban J connectivity index is 2.07. The van der Waals surface area contributed by atoms with E-state index in [4.69, 9.17) is 14.2 Å². The largest absolute Gasteiger partial charge is 0.493 e. The first-order valence-electron chi connectivity index (χ1n) is 9.64. The Morgan fingerprint density at radius 2 is 2.00 bits per heavy atom. The third kappa shape index (κ3) is 6.23. The fourth-order valence-electron chi connectivity index (χ4n) is 2.95. The fraction of sp³-hybridized carbons (Fsp3) is 0.476. The number of ether oxygens (including phenoxy) is 3. The van der Waals surface area contributed by atoms with Crippen molar-refractivity contribution in [2.75, 3.05) is 33.9 Å². The molecular weight excluding hydrogens is 376 g/mol. The molecule has 0 saturated carbocycles. The van der Waals surface area contributed by atoms with Crippen LogP contribution in [-0.4, -0.2) is 62.6 Å². The normalized spacial score (nSPS) is 16.4. The summed E-state index contributed by atoms with van der Waals surface area (Å²) in [7, 11) is 3.08. The van der Waals surface area contributed by atoms with Crippen molar-refractivity contribution < 1.29 is 28.6 Å². The van der Waals surface area contributed by atoms with Crippen LogP contribution in [0.3, 0.4) is 0 Å². The highest BCUT2D eigenvalue weighted by Crippen LogP contribution is 2.28. The summed E-state index contributed by atoms with van der Waals surface area (Å²) in [4.78, 5) is 38.4. The van der Waals surface area contributed by atoms with Crippen molar-refractivity contribution in [3.05, 3.63) is 29.8 Å². The molecule has 0 aliphatic carbocycles. The fourth-order valence-corrected chi connectivity index (χ4v) is 2.95. The van der Waals surface area contributed by atoms with Gasteiger partial charge >= 0.3 is 5.97 Å². The van der Waals surface area contributed by atoms with Crippen molar-refractivity contribution in [3.8, 4) is 11.5 Å². The maximum absolute atomic E-state index is 12.7. The molecule has 158 valence electrons. The molecule has 1 atom stereocenters. The van der Waals surface area contributed by atoms with Crippen molar-refractivity contribution in [2.24, 2.45) is 0 Å². The minimum Gasteiger partial charge on any atom is -0.493 e. The molecule has 2 amide bonds. The predicted octanol–water partition coefficient (Wildman–Crippen LogP) is 1.78. The van der Waals surface area contributed by atoms with E-state index in [1.54, 1.807) is 31.4 Å². The van der Waals surface area contributed by atoms with E-state index in [2.05, 4.69) is 5.32 Å². The Morgan fingerprint density at radius 1 is 1.24 bits per heavy atom. The monoisotopic (exact) mass is 404 g/mol. The topological polar surface area (TPSA) is 94.2 Å². The van der Waals surface area contributed by atoms with Crippen molar-refractivity contribution in [2.45, 2.75) is 32.2 Å². The number of methoxy groups -OCH3 is 2. The molecule has 0 aromatic heterocycles. The van der Waals surface area contributed by atoms with E-state index in [9.17, 15) is 14.4 Å². The van der Waals surface area contributed by atoms with Gasteiger partial charge in [0, 0.05) is 19.2 Å². The van der Waals surface area contributed by atoms with Crippen molar-refractivity contribution in [1.29, 1.82) is 0 Å². The van der Waals surface area contributed by atoms with Gasteiger partial charge in [0.1, 0.15) is 6.04 Å². The average Bonchev–Trinajstić information content (AvgIpc) is 2.73. The SMILES string of the molecule is CCCCOC(=O)CC1C(=O)NCCN1C(=O)/C=C/c1ccc(OC)c(OC)c1. The van der Waals surface area contributed by atoms with Crippen LogP contribution in [0.2, 0.25) is 0 Å². The number of carbonyl (C=O) groups is 3. The standard InChI is InChI=1S/C21H28N2O6/c1-4-5-12-29-20(25)14-16-21(26)22-10-11-23(16)19(24)9-7-15-6-8-17(27-2)18(13-15)28-3/h6-9,13,16H,4-5,10-12,14H2,1-3H3,(H,22,26)/b9-7+. The Labute approximate surface area is 170 Å². The zero-order valence-corrected chi connectivity index (χ0v) is 17.1. The molecule has 1 aliphatic heterocycles. The second-order valence-electron chi connectivity index (χ2n) is 6.56. The van der Waals surface area contributed by atoms with Gasteiger partial charge in [-0.05, 0) is 30.2 Å². The van der Waals surface area contributed by atoms with E-state index in [0.717, 1.165) is 18.4 Å². The molecule has 1 aromatic rings. The van der Waals surface area contributed by atoms with E-state index < -0.39 is 12.0 Å². The number of rotatable bonds is 9. The highest BCUT2D eigenvalue weighted by atomic mass is 16.5. The average molecular weight is 404 g/mol. The van der Waals surface area contributed by atoms with Gasteiger partial charge in [-0.3, -0.25) is 14.4 Å². The van der Waals surface area contributed by atoms with Gasteiger partial charge in [-0.15, -0.1) is 0 Å². The second-order valence-corrected chi connectivity index (χ2v) is 6.56. The summed E-state index contributed by atoms with van der Waals surface area (Å²) >= 11 is 0. The Kier molecular flexibility index (Phi) is 8.51. The quantitative estimate of drug-likeness (QED) is 0.383. The number of piperazine rings is 1. The van der Waals surface area contributed by atoms with Gasteiger partial charge in [0.15, 0.2) is 11.5 Å². The number of unbranched alkanes of at least 4 members (excludes halogenated alkanes) is 1. The molecule has 1 aliphatic rings. The smallest absolute Gasteiger partial charge is 0.308 e. The van der Waals surface area contributed by atoms with E-state index in [0.29, 0.717) is 31.2 Å². The van der Waals surface area contributed by atoms with Crippen LogP contribution in [0.25, 0.3) is 6.08 Å². The van der Waals surface area contributed by atoms with Crippen LogP contribution in [0.5, 0.6) is 11.5 Å². The van der Waals surface area contributed by atoms with Gasteiger partial charge in [-0.1, -0.05) is 19.4 Å². The number of benzene rings is 1. The molecule has 2 rings (SSSR count). The van der Waals surface area contributed by atoms with Gasteiger partial charge in [0.2, 0.25) is 11.8 Å². The number of esters is 1. The summed E-state index contributed by atoms with van der Waals surface area (Å²) in [5.41, 5.74) is 0.744. The number of nitrogens with one attached hydrogen (secondary N) is 1. The van der Waals surface area contributed by atoms with Crippen LogP contribution < -0.4 is 14.8 Å². The molecule has 0 bridgehead atoms. The third-order valence-electron chi connectivity index (χ3n) is 4.56. The summed E-state index contributed by atoms with van der Waals surface area (Å²) < 4.78 is 15.6. The van der Waals surface area contributed by atoms with Crippen LogP contribution in [0.4, 0.5) is 0 Å². The van der Waals surface area contributed by atoms with Crippen LogP contribution in [-0.2, 0) is 19.1 Å². The minimum absolute atomic E-state index is 0.161. The Bertz CT molecular complexity index is 762. The molecule has 1 heterocycles. The minimum atomic E-state index is -0.875. The van der Waals surface area contributed by atoms with Crippen LogP contribution in [0.1, 0.15) is 31.7 Å². The second kappa shape index (κ2) is 11.1. The summed E-state index contributed by atoms with van der Waals surface area (Å²) in [5.74, 6) is -0.0443. The lowest BCUT2D eigenvalue weighted by molar-refractivity contribution is -0.150. The van der Waals surface area contributed by atoms with Crippen molar-refractivity contribution >= 4 is 23.9 Å². The van der Waals surface area contributed by atoms with E-state index >= 15 is 0 Å². The molecule has 8 heteroatoms. The number of amides is 2. The Morgan fingerprint density at radius 3 is 2.69 bits per heavy atom. The molecule has 0 radical (unpaired) electrons. The van der Waals surface area contributed by atoms with Gasteiger partial charge < -0.3 is 24.4 Å². The van der Waals surface area contributed by atoms with Crippen molar-refractivity contribution in [3.63, 3.8) is 0 Å². The number of carbonyl (C=O) groups excluding carboxylic acids is 3. The van der Waals surface area contributed by atoms with Gasteiger partial charge in [0.25, 0.3) is 0 Å². The van der Waals surface area contributed by atoms with Gasteiger partial charge in [-0.2, -0.15) is 0 Å². The zero-order valence-electron chi connectivity index (χ0n) is 17.1. The lowest BCUT2D eigenvalue weighted by Crippen LogP contribution is -2.57. The first kappa shape index (κ1) is 22.3. The van der Waals surface area contributed by atoms with Crippen LogP contribution in [0, 0.1) is 0 Å². The maximum atomic E-state index is 12.7. The molecule has 29 heavy (non-hydrogen) atoms. The van der Waals surface area contributed by atoms with Crippen molar-refractivity contribution in [1.82, 2.24) is 10.2 Å². The van der Waals surface area contributed by atoms with Gasteiger partial charge in [0.05, 0.1) is 27.2 Å². The Hall–Kier alpha value is -3.03. The predicted molar refractivity (Wildman–Crippen MR) is 108 cm³/mol. The summed E-state index contributed by atoms with van der Waals surface area (Å²) in [6.07, 6.45) is 4.52. The van der Waals surface area contributed by atoms with E-state index in [1.807, 2.05) is 6.92 Å². The first-order valence-corrected chi connectivity index (χ1v) is 9.64. The van der Waals surface area contributed by atoms with E-state index in [1.165, 1.54) is 18.1 Å². The van der Waals surface area contributed by atoms with Crippen LogP contribution in [0.15, 0.2) is 24.3 Å². The zero-order chi connectivity index (χ0) is 21.2. The van der Waals surface area contributed by atoms with Crippen LogP contribution >= 0.6 is 0 Å². The molecule has 8 nitrogen and oxygen atoms in total. The summed E-state index contributed by atoms with van der Waals surface area (Å²) in [6, 6.07) is 4.40. The highest BCUT2D eigenvalue weighted by molar-refractivity contribution is 5.97. The third-order valence-corrected chi connectivity index (χ3v) is 4.56. The highest BCUT2D eigenvalue weighted by Gasteiger charge is 2.34. The van der Waals surface area contributed by atoms with Gasteiger partial charge in [-0.25, -0.2) is 0 Å². The molecule has 1 fully saturated rings. The van der Waals surface area contributed by atoms with E-state index in [-0.39, 0.29) is 18.2 Å². The maximum Gasteiger partial charge on any atom is 0.308 e. The molecule has 1 aromatic carbocycles. The summed E-state index contributed by atoms with van der Waals surface area (Å²) in [6.45, 7) is 2.98. The molecule has 1 saturated heterocycles. The number of nitrogens with zero attached hydrogens (tertiary/aromatic N) is 1. The lowest BCUT2D eigenvalue weighted by atomic mass is 10.1. The lowest BCUT2D eigenvalue weighted by Gasteiger charge is -2.33. The molecule has 1 N–H and O–H groups in total. The number of hydrogen-bond acceptors (Lipinski definition) is 6.